The minimum atomic E-state index is 0.172. The fourth-order valence-electron chi connectivity index (χ4n) is 4.88. The molecule has 154 valence electrons. The Morgan fingerprint density at radius 3 is 1.90 bits per heavy atom. The highest BCUT2D eigenvalue weighted by Crippen LogP contribution is 2.40. The fourth-order valence-corrected chi connectivity index (χ4v) is 4.88. The minimum Gasteiger partial charge on any atom is -0.506 e. The molecule has 2 aliphatic rings. The van der Waals surface area contributed by atoms with Crippen LogP contribution in [0.1, 0.15) is 87.2 Å². The highest BCUT2D eigenvalue weighted by atomic mass is 16.5. The third kappa shape index (κ3) is 4.80. The first-order valence-electron chi connectivity index (χ1n) is 11.2. The van der Waals surface area contributed by atoms with E-state index < -0.39 is 0 Å². The predicted molar refractivity (Wildman–Crippen MR) is 117 cm³/mol. The lowest BCUT2D eigenvalue weighted by Gasteiger charge is -2.22. The Hall–Kier alpha value is -2.36. The Bertz CT molecular complexity index is 850. The normalized spacial score (nSPS) is 18.9. The van der Waals surface area contributed by atoms with Crippen LogP contribution >= 0.6 is 0 Å². The number of azo groups is 1. The molecular formula is C25H32N2O2. The number of aromatic hydroxyl groups is 1. The van der Waals surface area contributed by atoms with E-state index in [0.717, 1.165) is 5.75 Å². The van der Waals surface area contributed by atoms with Gasteiger partial charge in [-0.05, 0) is 72.9 Å². The van der Waals surface area contributed by atoms with E-state index in [9.17, 15) is 5.11 Å². The molecule has 2 fully saturated rings. The standard InChI is InChI=1S/C25H32N2O2/c1-29-25-17-21(19-10-6-3-7-11-19)12-14-22(25)26-27-23-16-20(13-15-24(23)28)18-8-4-2-5-9-18/h12-19,28H,2-11H2,1H3/b27-26+. The van der Waals surface area contributed by atoms with Crippen LogP contribution < -0.4 is 4.74 Å². The summed E-state index contributed by atoms with van der Waals surface area (Å²) >= 11 is 0. The fraction of sp³-hybridized carbons (Fsp3) is 0.520. The number of methoxy groups -OCH3 is 1. The van der Waals surface area contributed by atoms with Gasteiger partial charge in [0.25, 0.3) is 0 Å². The summed E-state index contributed by atoms with van der Waals surface area (Å²) in [4.78, 5) is 0. The average Bonchev–Trinajstić information content (AvgIpc) is 2.79. The largest absolute Gasteiger partial charge is 0.506 e. The number of hydrogen-bond acceptors (Lipinski definition) is 4. The molecule has 0 heterocycles. The molecular weight excluding hydrogens is 360 g/mol. The molecule has 0 bridgehead atoms. The highest BCUT2D eigenvalue weighted by Gasteiger charge is 2.18. The summed E-state index contributed by atoms with van der Waals surface area (Å²) in [5.41, 5.74) is 3.83. The number of hydrogen-bond donors (Lipinski definition) is 1. The molecule has 0 amide bonds. The van der Waals surface area contributed by atoms with E-state index >= 15 is 0 Å². The predicted octanol–water partition coefficient (Wildman–Crippen LogP) is 7.91. The van der Waals surface area contributed by atoms with Crippen LogP contribution in [0.2, 0.25) is 0 Å². The molecule has 29 heavy (non-hydrogen) atoms. The van der Waals surface area contributed by atoms with Crippen molar-refractivity contribution in [3.63, 3.8) is 0 Å². The topological polar surface area (TPSA) is 54.2 Å². The molecule has 0 unspecified atom stereocenters. The molecule has 0 aliphatic heterocycles. The molecule has 2 aliphatic carbocycles. The third-order valence-electron chi connectivity index (χ3n) is 6.62. The second-order valence-electron chi connectivity index (χ2n) is 8.55. The van der Waals surface area contributed by atoms with Crippen LogP contribution in [-0.4, -0.2) is 12.2 Å². The van der Waals surface area contributed by atoms with Gasteiger partial charge in [0.2, 0.25) is 0 Å². The molecule has 0 atom stereocenters. The van der Waals surface area contributed by atoms with Crippen molar-refractivity contribution in [2.45, 2.75) is 76.0 Å². The first kappa shape index (κ1) is 19.9. The zero-order chi connectivity index (χ0) is 20.1. The maximum absolute atomic E-state index is 10.3. The van der Waals surface area contributed by atoms with Gasteiger partial charge in [0.05, 0.1) is 7.11 Å². The van der Waals surface area contributed by atoms with Crippen molar-refractivity contribution in [2.24, 2.45) is 10.2 Å². The lowest BCUT2D eigenvalue weighted by molar-refractivity contribution is 0.410. The van der Waals surface area contributed by atoms with E-state index in [4.69, 9.17) is 4.74 Å². The van der Waals surface area contributed by atoms with Gasteiger partial charge in [-0.2, -0.15) is 0 Å². The molecule has 2 saturated carbocycles. The van der Waals surface area contributed by atoms with Crippen LogP contribution in [0.25, 0.3) is 0 Å². The van der Waals surface area contributed by atoms with Crippen LogP contribution in [-0.2, 0) is 0 Å². The van der Waals surface area contributed by atoms with Gasteiger partial charge < -0.3 is 9.84 Å². The van der Waals surface area contributed by atoms with Crippen LogP contribution in [0.3, 0.4) is 0 Å². The Labute approximate surface area is 174 Å². The Balaban J connectivity index is 1.55. The number of rotatable bonds is 5. The van der Waals surface area contributed by atoms with Gasteiger partial charge in [-0.15, -0.1) is 10.2 Å². The summed E-state index contributed by atoms with van der Waals surface area (Å²) in [6.45, 7) is 0. The molecule has 2 aromatic rings. The Morgan fingerprint density at radius 1 is 0.724 bits per heavy atom. The first-order valence-corrected chi connectivity index (χ1v) is 11.2. The number of nitrogens with zero attached hydrogens (tertiary/aromatic N) is 2. The Kier molecular flexibility index (Phi) is 6.48. The molecule has 0 saturated heterocycles. The van der Waals surface area contributed by atoms with E-state index in [2.05, 4.69) is 22.4 Å². The zero-order valence-corrected chi connectivity index (χ0v) is 17.4. The van der Waals surface area contributed by atoms with Gasteiger partial charge in [0, 0.05) is 0 Å². The van der Waals surface area contributed by atoms with Crippen molar-refractivity contribution in [1.29, 1.82) is 0 Å². The van der Waals surface area contributed by atoms with Gasteiger partial charge in [-0.25, -0.2) is 0 Å². The summed E-state index contributed by atoms with van der Waals surface area (Å²) in [6, 6.07) is 12.0. The quantitative estimate of drug-likeness (QED) is 0.525. The molecule has 0 radical (unpaired) electrons. The molecule has 2 aromatic carbocycles. The summed E-state index contributed by atoms with van der Waals surface area (Å²) in [5.74, 6) is 2.12. The summed E-state index contributed by atoms with van der Waals surface area (Å²) < 4.78 is 5.60. The second kappa shape index (κ2) is 9.43. The van der Waals surface area contributed by atoms with Crippen molar-refractivity contribution in [3.05, 3.63) is 47.5 Å². The van der Waals surface area contributed by atoms with Gasteiger partial charge >= 0.3 is 0 Å². The van der Waals surface area contributed by atoms with Crippen molar-refractivity contribution in [3.8, 4) is 11.5 Å². The minimum absolute atomic E-state index is 0.172. The van der Waals surface area contributed by atoms with Gasteiger partial charge in [0.1, 0.15) is 22.9 Å². The van der Waals surface area contributed by atoms with E-state index in [-0.39, 0.29) is 5.75 Å². The molecule has 4 nitrogen and oxygen atoms in total. The van der Waals surface area contributed by atoms with Gasteiger partial charge in [-0.1, -0.05) is 50.7 Å². The first-order chi connectivity index (χ1) is 14.2. The van der Waals surface area contributed by atoms with Crippen molar-refractivity contribution in [2.75, 3.05) is 7.11 Å². The lowest BCUT2D eigenvalue weighted by Crippen LogP contribution is -2.04. The van der Waals surface area contributed by atoms with Crippen LogP contribution in [0, 0.1) is 0 Å². The second-order valence-corrected chi connectivity index (χ2v) is 8.55. The average molecular weight is 393 g/mol. The molecule has 0 aromatic heterocycles. The van der Waals surface area contributed by atoms with Gasteiger partial charge in [0.15, 0.2) is 0 Å². The molecule has 4 rings (SSSR count). The maximum Gasteiger partial charge on any atom is 0.146 e. The maximum atomic E-state index is 10.3. The van der Waals surface area contributed by atoms with Gasteiger partial charge in [-0.3, -0.25) is 0 Å². The van der Waals surface area contributed by atoms with Crippen LogP contribution in [0.5, 0.6) is 11.5 Å². The highest BCUT2D eigenvalue weighted by molar-refractivity contribution is 5.56. The molecule has 0 spiro atoms. The monoisotopic (exact) mass is 392 g/mol. The Morgan fingerprint density at radius 2 is 1.28 bits per heavy atom. The molecule has 4 heteroatoms. The lowest BCUT2D eigenvalue weighted by atomic mass is 9.84. The zero-order valence-electron chi connectivity index (χ0n) is 17.4. The van der Waals surface area contributed by atoms with Crippen LogP contribution in [0.15, 0.2) is 46.6 Å². The number of benzene rings is 2. The molecule has 1 N–H and O–H groups in total. The van der Waals surface area contributed by atoms with Crippen LogP contribution in [0.4, 0.5) is 11.4 Å². The SMILES string of the molecule is COc1cc(C2CCCCC2)ccc1/N=N/c1cc(C2CCCCC2)ccc1O. The van der Waals surface area contributed by atoms with E-state index in [1.807, 2.05) is 18.2 Å². The number of phenolic OH excluding ortho intramolecular Hbond substituents is 1. The van der Waals surface area contributed by atoms with E-state index in [1.54, 1.807) is 13.2 Å². The third-order valence-corrected chi connectivity index (χ3v) is 6.62. The van der Waals surface area contributed by atoms with Crippen molar-refractivity contribution in [1.82, 2.24) is 0 Å². The smallest absolute Gasteiger partial charge is 0.146 e. The van der Waals surface area contributed by atoms with E-state index in [0.29, 0.717) is 23.2 Å². The van der Waals surface area contributed by atoms with Crippen molar-refractivity contribution < 1.29 is 9.84 Å². The van der Waals surface area contributed by atoms with Crippen molar-refractivity contribution >= 4 is 11.4 Å². The summed E-state index contributed by atoms with van der Waals surface area (Å²) in [6.07, 6.45) is 12.8. The van der Waals surface area contributed by atoms with E-state index in [1.165, 1.54) is 75.3 Å². The summed E-state index contributed by atoms with van der Waals surface area (Å²) in [5, 5.41) is 19.1. The number of phenols is 1. The number of ether oxygens (including phenoxy) is 1. The summed E-state index contributed by atoms with van der Waals surface area (Å²) in [7, 11) is 1.68.